The number of carbonyl (C=O) groups is 2. The van der Waals surface area contributed by atoms with E-state index < -0.39 is 0 Å². The molecule has 5 nitrogen and oxygen atoms in total. The van der Waals surface area contributed by atoms with Crippen LogP contribution in [0.3, 0.4) is 0 Å². The van der Waals surface area contributed by atoms with Crippen molar-refractivity contribution < 1.29 is 9.59 Å². The van der Waals surface area contributed by atoms with E-state index >= 15 is 0 Å². The monoisotopic (exact) mass is 301 g/mol. The minimum absolute atomic E-state index is 0.0405. The predicted molar refractivity (Wildman–Crippen MR) is 87.3 cm³/mol. The van der Waals surface area contributed by atoms with E-state index in [4.69, 9.17) is 0 Å². The van der Waals surface area contributed by atoms with Crippen molar-refractivity contribution in [3.63, 3.8) is 0 Å². The molecular formula is C17H23N3O2. The van der Waals surface area contributed by atoms with Crippen LogP contribution in [0.25, 0.3) is 0 Å². The van der Waals surface area contributed by atoms with Crippen molar-refractivity contribution in [1.82, 2.24) is 5.32 Å². The van der Waals surface area contributed by atoms with Crippen LogP contribution in [0.15, 0.2) is 18.2 Å². The summed E-state index contributed by atoms with van der Waals surface area (Å²) in [5.41, 5.74) is 2.39. The van der Waals surface area contributed by atoms with E-state index in [1.807, 2.05) is 12.1 Å². The summed E-state index contributed by atoms with van der Waals surface area (Å²) < 4.78 is 0. The molecule has 1 fully saturated rings. The van der Waals surface area contributed by atoms with Gasteiger partial charge in [0.2, 0.25) is 5.91 Å². The summed E-state index contributed by atoms with van der Waals surface area (Å²) in [4.78, 5) is 26.4. The van der Waals surface area contributed by atoms with Gasteiger partial charge in [-0.15, -0.1) is 0 Å². The summed E-state index contributed by atoms with van der Waals surface area (Å²) >= 11 is 0. The standard InChI is InChI=1S/C17H23N3O2/c1-2-3-4-9-18-16(21)12-7-8-14-13(11-12)19-17(22)15-6-5-10-20(14)15/h7-8,11,15H,2-6,9-10H2,1H3,(H,18,21)(H,19,22)/t15-/m0/s1. The van der Waals surface area contributed by atoms with Gasteiger partial charge in [-0.2, -0.15) is 0 Å². The average molecular weight is 301 g/mol. The van der Waals surface area contributed by atoms with Crippen molar-refractivity contribution >= 4 is 23.2 Å². The molecule has 0 bridgehead atoms. The molecule has 5 heteroatoms. The highest BCUT2D eigenvalue weighted by molar-refractivity contribution is 6.06. The highest BCUT2D eigenvalue weighted by Gasteiger charge is 2.36. The van der Waals surface area contributed by atoms with E-state index in [1.54, 1.807) is 6.07 Å². The Balaban J connectivity index is 1.72. The fourth-order valence-electron chi connectivity index (χ4n) is 3.25. The second-order valence-electron chi connectivity index (χ2n) is 6.04. The fourth-order valence-corrected chi connectivity index (χ4v) is 3.25. The van der Waals surface area contributed by atoms with Crippen LogP contribution in [-0.2, 0) is 4.79 Å². The van der Waals surface area contributed by atoms with Gasteiger partial charge in [-0.3, -0.25) is 9.59 Å². The van der Waals surface area contributed by atoms with Crippen LogP contribution >= 0.6 is 0 Å². The van der Waals surface area contributed by atoms with E-state index in [2.05, 4.69) is 22.5 Å². The Kier molecular flexibility index (Phi) is 4.32. The Bertz CT molecular complexity index is 585. The van der Waals surface area contributed by atoms with Gasteiger partial charge in [0.15, 0.2) is 0 Å². The van der Waals surface area contributed by atoms with Gasteiger partial charge >= 0.3 is 0 Å². The van der Waals surface area contributed by atoms with Gasteiger partial charge in [-0.1, -0.05) is 19.8 Å². The second kappa shape index (κ2) is 6.38. The third kappa shape index (κ3) is 2.80. The van der Waals surface area contributed by atoms with Gasteiger partial charge in [0, 0.05) is 18.7 Å². The van der Waals surface area contributed by atoms with Crippen LogP contribution in [0, 0.1) is 0 Å². The summed E-state index contributed by atoms with van der Waals surface area (Å²) in [6.07, 6.45) is 5.20. The van der Waals surface area contributed by atoms with Crippen LogP contribution in [0.1, 0.15) is 49.4 Å². The molecule has 0 aliphatic carbocycles. The molecule has 1 saturated heterocycles. The fraction of sp³-hybridized carbons (Fsp3) is 0.529. The number of hydrogen-bond donors (Lipinski definition) is 2. The first-order valence-corrected chi connectivity index (χ1v) is 8.20. The zero-order valence-corrected chi connectivity index (χ0v) is 13.0. The number of rotatable bonds is 5. The largest absolute Gasteiger partial charge is 0.358 e. The number of carbonyl (C=O) groups excluding carboxylic acids is 2. The summed E-state index contributed by atoms with van der Waals surface area (Å²) in [5.74, 6) is -0.0257. The molecule has 1 aromatic rings. The second-order valence-corrected chi connectivity index (χ2v) is 6.04. The van der Waals surface area contributed by atoms with Crippen LogP contribution in [0.5, 0.6) is 0 Å². The Morgan fingerprint density at radius 3 is 3.09 bits per heavy atom. The Hall–Kier alpha value is -2.04. The van der Waals surface area contributed by atoms with Gasteiger partial charge in [-0.05, 0) is 37.5 Å². The van der Waals surface area contributed by atoms with Crippen molar-refractivity contribution in [2.45, 2.75) is 45.1 Å². The number of hydrogen-bond acceptors (Lipinski definition) is 3. The molecule has 0 saturated carbocycles. The molecule has 2 N–H and O–H groups in total. The molecule has 0 aromatic heterocycles. The third-order valence-electron chi connectivity index (χ3n) is 4.45. The molecule has 3 rings (SSSR count). The molecule has 22 heavy (non-hydrogen) atoms. The van der Waals surface area contributed by atoms with Crippen molar-refractivity contribution in [3.8, 4) is 0 Å². The lowest BCUT2D eigenvalue weighted by Gasteiger charge is -2.33. The number of nitrogens with zero attached hydrogens (tertiary/aromatic N) is 1. The Labute approximate surface area is 131 Å². The molecule has 2 aliphatic heterocycles. The molecule has 1 aromatic carbocycles. The first-order valence-electron chi connectivity index (χ1n) is 8.20. The highest BCUT2D eigenvalue weighted by Crippen LogP contribution is 2.37. The third-order valence-corrected chi connectivity index (χ3v) is 4.45. The van der Waals surface area contributed by atoms with Gasteiger partial charge < -0.3 is 15.5 Å². The normalized spacial score (nSPS) is 19.4. The lowest BCUT2D eigenvalue weighted by molar-refractivity contribution is -0.117. The molecule has 0 spiro atoms. The van der Waals surface area contributed by atoms with Gasteiger partial charge in [-0.25, -0.2) is 0 Å². The van der Waals surface area contributed by atoms with Gasteiger partial charge in [0.05, 0.1) is 11.4 Å². The zero-order valence-electron chi connectivity index (χ0n) is 13.0. The molecule has 0 radical (unpaired) electrons. The van der Waals surface area contributed by atoms with Crippen molar-refractivity contribution in [2.24, 2.45) is 0 Å². The number of unbranched alkanes of at least 4 members (excludes halogenated alkanes) is 2. The summed E-state index contributed by atoms with van der Waals surface area (Å²) in [7, 11) is 0. The lowest BCUT2D eigenvalue weighted by Crippen LogP contribution is -2.44. The van der Waals surface area contributed by atoms with Crippen molar-refractivity contribution in [2.75, 3.05) is 23.3 Å². The van der Waals surface area contributed by atoms with Crippen LogP contribution < -0.4 is 15.5 Å². The minimum atomic E-state index is -0.0725. The maximum absolute atomic E-state index is 12.2. The van der Waals surface area contributed by atoms with Crippen molar-refractivity contribution in [1.29, 1.82) is 0 Å². The lowest BCUT2D eigenvalue weighted by atomic mass is 10.1. The SMILES string of the molecule is CCCCCNC(=O)c1ccc2c(c1)NC(=O)[C@@H]1CCCN21. The maximum Gasteiger partial charge on any atom is 0.251 e. The average Bonchev–Trinajstić information content (AvgIpc) is 3.01. The van der Waals surface area contributed by atoms with Crippen LogP contribution in [0.2, 0.25) is 0 Å². The first-order chi connectivity index (χ1) is 10.7. The molecule has 2 amide bonds. The maximum atomic E-state index is 12.2. The van der Waals surface area contributed by atoms with E-state index in [0.29, 0.717) is 12.1 Å². The summed E-state index contributed by atoms with van der Waals surface area (Å²) in [5, 5.41) is 5.88. The number of anilines is 2. The first kappa shape index (κ1) is 14.9. The Morgan fingerprint density at radius 2 is 2.27 bits per heavy atom. The van der Waals surface area contributed by atoms with Gasteiger partial charge in [0.25, 0.3) is 5.91 Å². The number of benzene rings is 1. The van der Waals surface area contributed by atoms with Crippen LogP contribution in [0.4, 0.5) is 11.4 Å². The predicted octanol–water partition coefficient (Wildman–Crippen LogP) is 2.53. The van der Waals surface area contributed by atoms with E-state index in [1.165, 1.54) is 0 Å². The molecule has 0 unspecified atom stereocenters. The molecule has 2 aliphatic rings. The minimum Gasteiger partial charge on any atom is -0.358 e. The molecule has 118 valence electrons. The molecule has 2 heterocycles. The Morgan fingerprint density at radius 1 is 1.41 bits per heavy atom. The molecule has 1 atom stereocenters. The van der Waals surface area contributed by atoms with Crippen molar-refractivity contribution in [3.05, 3.63) is 23.8 Å². The molecular weight excluding hydrogens is 278 g/mol. The number of amides is 2. The quantitative estimate of drug-likeness (QED) is 0.822. The smallest absolute Gasteiger partial charge is 0.251 e. The summed E-state index contributed by atoms with van der Waals surface area (Å²) in [6.45, 7) is 3.75. The highest BCUT2D eigenvalue weighted by atomic mass is 16.2. The summed E-state index contributed by atoms with van der Waals surface area (Å²) in [6, 6.07) is 5.55. The number of fused-ring (bicyclic) bond motifs is 3. The van der Waals surface area contributed by atoms with E-state index in [0.717, 1.165) is 50.0 Å². The van der Waals surface area contributed by atoms with E-state index in [-0.39, 0.29) is 17.9 Å². The zero-order chi connectivity index (χ0) is 15.5. The van der Waals surface area contributed by atoms with E-state index in [9.17, 15) is 9.59 Å². The number of nitrogens with one attached hydrogen (secondary N) is 2. The van der Waals surface area contributed by atoms with Gasteiger partial charge in [0.1, 0.15) is 6.04 Å². The van der Waals surface area contributed by atoms with Crippen LogP contribution in [-0.4, -0.2) is 30.9 Å². The topological polar surface area (TPSA) is 61.4 Å².